The van der Waals surface area contributed by atoms with E-state index in [4.69, 9.17) is 33.9 Å². The number of carbonyl (C=O) groups is 1. The number of fused-ring (bicyclic) bond motifs is 1. The number of ketones is 1. The summed E-state index contributed by atoms with van der Waals surface area (Å²) in [4.78, 5) is 18.8. The van der Waals surface area contributed by atoms with E-state index in [9.17, 15) is 4.79 Å². The lowest BCUT2D eigenvalue weighted by atomic mass is 10.1. The van der Waals surface area contributed by atoms with Crippen molar-refractivity contribution in [2.45, 2.75) is 6.92 Å². The fraction of sp³-hybridized carbons (Fsp3) is 0.0476. The lowest BCUT2D eigenvalue weighted by Crippen LogP contribution is -2.02. The summed E-state index contributed by atoms with van der Waals surface area (Å²) in [6.45, 7) is 2.04. The van der Waals surface area contributed by atoms with Crippen LogP contribution in [0.2, 0.25) is 10.0 Å². The number of anilines is 1. The molecule has 4 rings (SSSR count). The van der Waals surface area contributed by atoms with Crippen LogP contribution in [0.5, 0.6) is 0 Å². The minimum Gasteiger partial charge on any atom is -0.397 e. The van der Waals surface area contributed by atoms with Gasteiger partial charge in [0.25, 0.3) is 0 Å². The molecule has 0 radical (unpaired) electrons. The van der Waals surface area contributed by atoms with Crippen LogP contribution in [0.1, 0.15) is 20.8 Å². The van der Waals surface area contributed by atoms with Crippen molar-refractivity contribution in [1.29, 1.82) is 0 Å². The van der Waals surface area contributed by atoms with Gasteiger partial charge in [0.1, 0.15) is 9.71 Å². The molecule has 2 aromatic heterocycles. The van der Waals surface area contributed by atoms with Gasteiger partial charge in [-0.25, -0.2) is 4.98 Å². The number of halogens is 2. The van der Waals surface area contributed by atoms with Gasteiger partial charge in [0, 0.05) is 21.5 Å². The number of aromatic nitrogens is 1. The van der Waals surface area contributed by atoms with Crippen LogP contribution in [-0.4, -0.2) is 10.8 Å². The van der Waals surface area contributed by atoms with Crippen molar-refractivity contribution in [3.05, 3.63) is 80.6 Å². The van der Waals surface area contributed by atoms with Crippen molar-refractivity contribution in [2.75, 3.05) is 5.73 Å². The highest BCUT2D eigenvalue weighted by Gasteiger charge is 2.21. The van der Waals surface area contributed by atoms with Crippen LogP contribution >= 0.6 is 34.5 Å². The number of thiophene rings is 1. The van der Waals surface area contributed by atoms with Crippen molar-refractivity contribution in [2.24, 2.45) is 0 Å². The van der Waals surface area contributed by atoms with Crippen LogP contribution in [0, 0.1) is 6.92 Å². The highest BCUT2D eigenvalue weighted by molar-refractivity contribution is 7.21. The summed E-state index contributed by atoms with van der Waals surface area (Å²) in [5, 5.41) is 1.55. The quantitative estimate of drug-likeness (QED) is 0.396. The van der Waals surface area contributed by atoms with E-state index in [0.717, 1.165) is 21.5 Å². The Morgan fingerprint density at radius 1 is 1.04 bits per heavy atom. The van der Waals surface area contributed by atoms with Crippen molar-refractivity contribution in [1.82, 2.24) is 4.98 Å². The van der Waals surface area contributed by atoms with Crippen molar-refractivity contribution in [3.8, 4) is 11.3 Å². The van der Waals surface area contributed by atoms with Crippen molar-refractivity contribution in [3.63, 3.8) is 0 Å². The number of nitrogens with two attached hydrogens (primary N) is 1. The lowest BCUT2D eigenvalue weighted by molar-refractivity contribution is 0.104. The third-order valence-electron chi connectivity index (χ3n) is 4.32. The summed E-state index contributed by atoms with van der Waals surface area (Å²) in [6.07, 6.45) is 0. The number of aryl methyl sites for hydroxylation is 1. The molecule has 4 aromatic rings. The Hall–Kier alpha value is -2.40. The van der Waals surface area contributed by atoms with Crippen molar-refractivity contribution < 1.29 is 4.79 Å². The summed E-state index contributed by atoms with van der Waals surface area (Å²) in [5.74, 6) is -0.228. The van der Waals surface area contributed by atoms with Crippen LogP contribution in [0.3, 0.4) is 0 Å². The maximum Gasteiger partial charge on any atom is 0.206 e. The summed E-state index contributed by atoms with van der Waals surface area (Å²) in [5.41, 5.74) is 10.1. The van der Waals surface area contributed by atoms with E-state index >= 15 is 0 Å². The molecule has 3 nitrogen and oxygen atoms in total. The molecule has 0 saturated heterocycles. The number of hydrogen-bond donors (Lipinski definition) is 1. The smallest absolute Gasteiger partial charge is 0.206 e. The molecule has 6 heteroatoms. The molecule has 0 atom stereocenters. The Bertz CT molecular complexity index is 1180. The monoisotopic (exact) mass is 412 g/mol. The molecule has 2 heterocycles. The second-order valence-corrected chi connectivity index (χ2v) is 8.06. The topological polar surface area (TPSA) is 56.0 Å². The van der Waals surface area contributed by atoms with Gasteiger partial charge < -0.3 is 5.73 Å². The van der Waals surface area contributed by atoms with E-state index in [0.29, 0.717) is 26.2 Å². The fourth-order valence-corrected chi connectivity index (χ4v) is 4.39. The Kier molecular flexibility index (Phi) is 4.64. The van der Waals surface area contributed by atoms with E-state index < -0.39 is 0 Å². The van der Waals surface area contributed by atoms with Crippen LogP contribution in [-0.2, 0) is 0 Å². The molecule has 0 unspecified atom stereocenters. The summed E-state index contributed by atoms with van der Waals surface area (Å²) in [6, 6.07) is 16.8. The Morgan fingerprint density at radius 2 is 1.78 bits per heavy atom. The maximum absolute atomic E-state index is 12.9. The van der Waals surface area contributed by atoms with E-state index in [2.05, 4.69) is 0 Å². The van der Waals surface area contributed by atoms with Crippen LogP contribution < -0.4 is 5.73 Å². The van der Waals surface area contributed by atoms with E-state index in [1.807, 2.05) is 43.3 Å². The third kappa shape index (κ3) is 3.32. The van der Waals surface area contributed by atoms with E-state index in [1.54, 1.807) is 18.2 Å². The van der Waals surface area contributed by atoms with Crippen LogP contribution in [0.15, 0.2) is 54.6 Å². The average molecular weight is 413 g/mol. The van der Waals surface area contributed by atoms with Crippen LogP contribution in [0.4, 0.5) is 5.69 Å². The standard InChI is InChI=1S/C21H14Cl2N2OS/c1-11-2-4-12(5-3-11)17-9-8-15-18(24)20(27-21(15)25-17)19(26)14-7-6-13(22)10-16(14)23/h2-10H,24H2,1H3. The molecule has 134 valence electrons. The second kappa shape index (κ2) is 6.97. The van der Waals surface area contributed by atoms with Crippen LogP contribution in [0.25, 0.3) is 21.5 Å². The normalized spacial score (nSPS) is 11.1. The number of carbonyl (C=O) groups excluding carboxylic acids is 1. The molecule has 2 aromatic carbocycles. The van der Waals surface area contributed by atoms with E-state index in [1.165, 1.54) is 16.9 Å². The number of hydrogen-bond acceptors (Lipinski definition) is 4. The number of nitrogen functional groups attached to an aromatic ring is 1. The molecule has 0 aliphatic heterocycles. The molecular weight excluding hydrogens is 399 g/mol. The minimum absolute atomic E-state index is 0.228. The molecule has 0 aliphatic carbocycles. The van der Waals surface area contributed by atoms with Gasteiger partial charge in [0.05, 0.1) is 16.4 Å². The van der Waals surface area contributed by atoms with Gasteiger partial charge in [-0.1, -0.05) is 53.0 Å². The molecular formula is C21H14Cl2N2OS. The molecule has 0 aliphatic rings. The highest BCUT2D eigenvalue weighted by Crippen LogP contribution is 2.36. The Balaban J connectivity index is 1.79. The highest BCUT2D eigenvalue weighted by atomic mass is 35.5. The van der Waals surface area contributed by atoms with Crippen molar-refractivity contribution >= 4 is 56.2 Å². The van der Waals surface area contributed by atoms with Gasteiger partial charge >= 0.3 is 0 Å². The first-order chi connectivity index (χ1) is 12.9. The van der Waals surface area contributed by atoms with Gasteiger partial charge in [0.2, 0.25) is 5.78 Å². The summed E-state index contributed by atoms with van der Waals surface area (Å²) < 4.78 is 0. The number of benzene rings is 2. The molecule has 0 amide bonds. The zero-order valence-electron chi connectivity index (χ0n) is 14.3. The van der Waals surface area contributed by atoms with Gasteiger partial charge in [-0.15, -0.1) is 11.3 Å². The van der Waals surface area contributed by atoms with Gasteiger partial charge in [-0.3, -0.25) is 4.79 Å². The lowest BCUT2D eigenvalue weighted by Gasteiger charge is -2.03. The molecule has 2 N–H and O–H groups in total. The molecule has 0 bridgehead atoms. The summed E-state index contributed by atoms with van der Waals surface area (Å²) in [7, 11) is 0. The largest absolute Gasteiger partial charge is 0.397 e. The third-order valence-corrected chi connectivity index (χ3v) is 5.98. The molecule has 0 saturated carbocycles. The number of pyridine rings is 1. The average Bonchev–Trinajstić information content (AvgIpc) is 2.98. The van der Waals surface area contributed by atoms with Gasteiger partial charge in [-0.05, 0) is 37.3 Å². The number of rotatable bonds is 3. The predicted octanol–water partition coefficient (Wildman–Crippen LogP) is 6.39. The second-order valence-electron chi connectivity index (χ2n) is 6.21. The zero-order chi connectivity index (χ0) is 19.1. The van der Waals surface area contributed by atoms with Gasteiger partial charge in [0.15, 0.2) is 0 Å². The Morgan fingerprint density at radius 3 is 2.48 bits per heavy atom. The minimum atomic E-state index is -0.228. The maximum atomic E-state index is 12.9. The summed E-state index contributed by atoms with van der Waals surface area (Å²) >= 11 is 13.4. The number of nitrogens with zero attached hydrogens (tertiary/aromatic N) is 1. The predicted molar refractivity (Wildman–Crippen MR) is 114 cm³/mol. The SMILES string of the molecule is Cc1ccc(-c2ccc3c(N)c(C(=O)c4ccc(Cl)cc4Cl)sc3n2)cc1. The first kappa shape index (κ1) is 18.0. The van der Waals surface area contributed by atoms with E-state index in [-0.39, 0.29) is 5.78 Å². The molecule has 27 heavy (non-hydrogen) atoms. The molecule has 0 fully saturated rings. The fourth-order valence-electron chi connectivity index (χ4n) is 2.85. The zero-order valence-corrected chi connectivity index (χ0v) is 16.6. The molecule has 0 spiro atoms. The first-order valence-corrected chi connectivity index (χ1v) is 9.77. The first-order valence-electron chi connectivity index (χ1n) is 8.20. The van der Waals surface area contributed by atoms with Gasteiger partial charge in [-0.2, -0.15) is 0 Å². The Labute approximate surface area is 170 Å².